The zero-order valence-electron chi connectivity index (χ0n) is 11.8. The Kier molecular flexibility index (Phi) is 4.04. The lowest BCUT2D eigenvalue weighted by Crippen LogP contribution is -2.08. The van der Waals surface area contributed by atoms with Gasteiger partial charge >= 0.3 is 0 Å². The van der Waals surface area contributed by atoms with E-state index in [1.165, 1.54) is 12.1 Å². The molecule has 114 valence electrons. The fourth-order valence-electron chi connectivity index (χ4n) is 2.12. The van der Waals surface area contributed by atoms with Crippen molar-refractivity contribution in [1.29, 1.82) is 0 Å². The first-order valence-corrected chi connectivity index (χ1v) is 7.95. The third-order valence-electron chi connectivity index (χ3n) is 3.31. The maximum Gasteiger partial charge on any atom is 0.158 e. The molecule has 7 heteroatoms. The van der Waals surface area contributed by atoms with E-state index in [-0.39, 0.29) is 17.5 Å². The van der Waals surface area contributed by atoms with Crippen LogP contribution in [0.1, 0.15) is 18.0 Å². The van der Waals surface area contributed by atoms with Crippen LogP contribution in [0.2, 0.25) is 5.02 Å². The van der Waals surface area contributed by atoms with Crippen LogP contribution < -0.4 is 0 Å². The second-order valence-corrected chi connectivity index (χ2v) is 6.40. The van der Waals surface area contributed by atoms with E-state index in [0.29, 0.717) is 5.02 Å². The third-order valence-corrected chi connectivity index (χ3v) is 4.38. The molecule has 0 aliphatic carbocycles. The molecule has 0 saturated carbocycles. The van der Waals surface area contributed by atoms with Crippen molar-refractivity contribution in [2.75, 3.05) is 0 Å². The van der Waals surface area contributed by atoms with E-state index in [4.69, 9.17) is 11.6 Å². The first kappa shape index (κ1) is 14.9. The second-order valence-electron chi connectivity index (χ2n) is 5.02. The molecule has 2 N–H and O–H groups in total. The van der Waals surface area contributed by atoms with E-state index in [1.54, 1.807) is 29.8 Å². The molecule has 1 aromatic carbocycles. The summed E-state index contributed by atoms with van der Waals surface area (Å²) in [5, 5.41) is 26.6. The minimum absolute atomic E-state index is 0.136. The molecule has 3 aromatic rings. The molecule has 3 rings (SSSR count). The normalized spacial score (nSPS) is 12.5. The van der Waals surface area contributed by atoms with Gasteiger partial charge in [0.2, 0.25) is 0 Å². The number of hydrogen-bond donors (Lipinski definition) is 2. The molecule has 0 spiro atoms. The predicted molar refractivity (Wildman–Crippen MR) is 86.5 cm³/mol. The Morgan fingerprint density at radius 2 is 2.14 bits per heavy atom. The van der Waals surface area contributed by atoms with Gasteiger partial charge in [0.1, 0.15) is 0 Å². The molecule has 5 nitrogen and oxygen atoms in total. The highest BCUT2D eigenvalue weighted by atomic mass is 35.5. The van der Waals surface area contributed by atoms with Crippen molar-refractivity contribution >= 4 is 22.9 Å². The van der Waals surface area contributed by atoms with Crippen molar-refractivity contribution in [2.24, 2.45) is 0 Å². The molecule has 2 aromatic heterocycles. The van der Waals surface area contributed by atoms with Crippen molar-refractivity contribution in [2.45, 2.75) is 19.4 Å². The van der Waals surface area contributed by atoms with Gasteiger partial charge < -0.3 is 10.2 Å². The van der Waals surface area contributed by atoms with Crippen molar-refractivity contribution in [3.8, 4) is 22.8 Å². The number of halogens is 1. The fourth-order valence-corrected chi connectivity index (χ4v) is 3.19. The molecule has 0 bridgehead atoms. The van der Waals surface area contributed by atoms with Gasteiger partial charge in [0.05, 0.1) is 28.0 Å². The standard InChI is InChI=1S/C15H14ClN3O2S/c1-9(19-7-11(16)6-17-19)4-15-18-12(8-22-15)10-2-3-13(20)14(21)5-10/h2-3,5-9,20-21H,4H2,1H3/t9-/m1/s1. The SMILES string of the molecule is C[C@H](Cc1nc(-c2ccc(O)c(O)c2)cs1)n1cc(Cl)cn1. The molecule has 22 heavy (non-hydrogen) atoms. The van der Waals surface area contributed by atoms with Crippen molar-refractivity contribution in [3.05, 3.63) is 46.0 Å². The van der Waals surface area contributed by atoms with E-state index in [1.807, 2.05) is 10.1 Å². The van der Waals surface area contributed by atoms with Crippen molar-refractivity contribution < 1.29 is 10.2 Å². The van der Waals surface area contributed by atoms with E-state index in [2.05, 4.69) is 17.0 Å². The number of nitrogens with zero attached hydrogens (tertiary/aromatic N) is 3. The number of hydrogen-bond acceptors (Lipinski definition) is 5. The second kappa shape index (κ2) is 5.98. The van der Waals surface area contributed by atoms with Gasteiger partial charge in [-0.1, -0.05) is 11.6 Å². The van der Waals surface area contributed by atoms with Crippen molar-refractivity contribution in [3.63, 3.8) is 0 Å². The molecular weight excluding hydrogens is 322 g/mol. The van der Waals surface area contributed by atoms with Crippen molar-refractivity contribution in [1.82, 2.24) is 14.8 Å². The molecule has 0 saturated heterocycles. The smallest absolute Gasteiger partial charge is 0.158 e. The molecular formula is C15H14ClN3O2S. The summed E-state index contributed by atoms with van der Waals surface area (Å²) >= 11 is 7.43. The third kappa shape index (κ3) is 3.08. The summed E-state index contributed by atoms with van der Waals surface area (Å²) in [6, 6.07) is 4.84. The van der Waals surface area contributed by atoms with E-state index < -0.39 is 0 Å². The molecule has 0 unspecified atom stereocenters. The van der Waals surface area contributed by atoms with Crippen LogP contribution in [0.5, 0.6) is 11.5 Å². The average Bonchev–Trinajstić information content (AvgIpc) is 3.11. The number of thiazole rings is 1. The first-order chi connectivity index (χ1) is 10.5. The van der Waals surface area contributed by atoms with E-state index in [0.717, 1.165) is 22.7 Å². The molecule has 0 aliphatic heterocycles. The Balaban J connectivity index is 1.77. The Bertz CT molecular complexity index is 800. The lowest BCUT2D eigenvalue weighted by Gasteiger charge is -2.09. The maximum atomic E-state index is 9.57. The van der Waals surface area contributed by atoms with E-state index in [9.17, 15) is 10.2 Å². The fraction of sp³-hybridized carbons (Fsp3) is 0.200. The summed E-state index contributed by atoms with van der Waals surface area (Å²) in [6.45, 7) is 2.05. The predicted octanol–water partition coefficient (Wildman–Crippen LogP) is 3.87. The molecule has 2 heterocycles. The van der Waals surface area contributed by atoms with Crippen LogP contribution in [0, 0.1) is 0 Å². The number of phenolic OH excluding ortho intramolecular Hbond substituents is 2. The van der Waals surface area contributed by atoms with Crippen LogP contribution in [0.15, 0.2) is 36.0 Å². The van der Waals surface area contributed by atoms with Crippen LogP contribution >= 0.6 is 22.9 Å². The van der Waals surface area contributed by atoms with Gasteiger partial charge in [0.25, 0.3) is 0 Å². The largest absolute Gasteiger partial charge is 0.504 e. The maximum absolute atomic E-state index is 9.57. The van der Waals surface area contributed by atoms with Gasteiger partial charge in [-0.3, -0.25) is 4.68 Å². The number of phenols is 2. The van der Waals surface area contributed by atoms with Gasteiger partial charge in [0.15, 0.2) is 11.5 Å². The monoisotopic (exact) mass is 335 g/mol. The van der Waals surface area contributed by atoms with Gasteiger partial charge in [0, 0.05) is 23.6 Å². The van der Waals surface area contributed by atoms with Gasteiger partial charge in [-0.15, -0.1) is 11.3 Å². The lowest BCUT2D eigenvalue weighted by atomic mass is 10.1. The number of benzene rings is 1. The Morgan fingerprint density at radius 3 is 2.82 bits per heavy atom. The summed E-state index contributed by atoms with van der Waals surface area (Å²) < 4.78 is 1.82. The van der Waals surface area contributed by atoms with Crippen LogP contribution in [-0.4, -0.2) is 25.0 Å². The van der Waals surface area contributed by atoms with Crippen LogP contribution in [-0.2, 0) is 6.42 Å². The summed E-state index contributed by atoms with van der Waals surface area (Å²) in [7, 11) is 0. The zero-order valence-corrected chi connectivity index (χ0v) is 13.3. The minimum Gasteiger partial charge on any atom is -0.504 e. The van der Waals surface area contributed by atoms with Gasteiger partial charge in [-0.05, 0) is 25.1 Å². The number of aromatic hydroxyl groups is 2. The molecule has 0 amide bonds. The summed E-state index contributed by atoms with van der Waals surface area (Å²) in [6.07, 6.45) is 4.15. The minimum atomic E-state index is -0.147. The first-order valence-electron chi connectivity index (χ1n) is 6.69. The highest BCUT2D eigenvalue weighted by Crippen LogP contribution is 2.31. The van der Waals surface area contributed by atoms with Crippen LogP contribution in [0.3, 0.4) is 0 Å². The van der Waals surface area contributed by atoms with E-state index >= 15 is 0 Å². The topological polar surface area (TPSA) is 71.2 Å². The molecule has 0 fully saturated rings. The average molecular weight is 336 g/mol. The zero-order chi connectivity index (χ0) is 15.7. The lowest BCUT2D eigenvalue weighted by molar-refractivity contribution is 0.404. The number of aromatic nitrogens is 3. The summed E-state index contributed by atoms with van der Waals surface area (Å²) in [5.41, 5.74) is 1.55. The summed E-state index contributed by atoms with van der Waals surface area (Å²) in [5.74, 6) is -0.282. The quantitative estimate of drug-likeness (QED) is 0.710. The van der Waals surface area contributed by atoms with Gasteiger partial charge in [-0.2, -0.15) is 5.10 Å². The van der Waals surface area contributed by atoms with Crippen LogP contribution in [0.4, 0.5) is 0 Å². The Labute approximate surface area is 136 Å². The summed E-state index contributed by atoms with van der Waals surface area (Å²) in [4.78, 5) is 4.58. The Morgan fingerprint density at radius 1 is 1.32 bits per heavy atom. The van der Waals surface area contributed by atoms with Gasteiger partial charge in [-0.25, -0.2) is 4.98 Å². The molecule has 0 radical (unpaired) electrons. The van der Waals surface area contributed by atoms with Crippen LogP contribution in [0.25, 0.3) is 11.3 Å². The highest BCUT2D eigenvalue weighted by Gasteiger charge is 2.12. The molecule has 0 aliphatic rings. The number of rotatable bonds is 4. The highest BCUT2D eigenvalue weighted by molar-refractivity contribution is 7.09. The Hall–Kier alpha value is -2.05. The molecule has 1 atom stereocenters.